The van der Waals surface area contributed by atoms with Crippen LogP contribution in [0.3, 0.4) is 0 Å². The first-order valence-corrected chi connectivity index (χ1v) is 6.73. The van der Waals surface area contributed by atoms with E-state index in [1.165, 1.54) is 5.56 Å². The van der Waals surface area contributed by atoms with Crippen molar-refractivity contribution in [1.29, 1.82) is 0 Å². The van der Waals surface area contributed by atoms with Gasteiger partial charge in [0, 0.05) is 18.9 Å². The van der Waals surface area contributed by atoms with E-state index in [1.807, 2.05) is 41.2 Å². The van der Waals surface area contributed by atoms with Crippen molar-refractivity contribution in [2.45, 2.75) is 13.1 Å². The monoisotopic (exact) mass is 287 g/mol. The number of hydrogen-bond acceptors (Lipinski definition) is 3. The lowest BCUT2D eigenvalue weighted by atomic mass is 10.2. The normalized spacial score (nSPS) is 10.8. The lowest BCUT2D eigenvalue weighted by Gasteiger charge is -2.10. The third-order valence-corrected chi connectivity index (χ3v) is 3.19. The van der Waals surface area contributed by atoms with Crippen LogP contribution in [0.5, 0.6) is 0 Å². The summed E-state index contributed by atoms with van der Waals surface area (Å²) in [5.41, 5.74) is 2.25. The fraction of sp³-hybridized carbons (Fsp3) is 0.133. The number of halogens is 1. The third-order valence-electron chi connectivity index (χ3n) is 2.99. The van der Waals surface area contributed by atoms with Gasteiger partial charge >= 0.3 is 0 Å². The molecule has 0 aliphatic heterocycles. The van der Waals surface area contributed by atoms with E-state index < -0.39 is 0 Å². The molecule has 2 aromatic heterocycles. The maximum absolute atomic E-state index is 5.74. The second-order valence-electron chi connectivity index (χ2n) is 4.39. The first-order valence-electron chi connectivity index (χ1n) is 6.36. The zero-order valence-corrected chi connectivity index (χ0v) is 11.5. The maximum atomic E-state index is 5.74. The zero-order chi connectivity index (χ0) is 13.8. The standard InChI is InChI=1S/C15H14ClN3O/c16-15-7-6-13(20-15)11-17-10-12-4-1-2-5-14(12)19-9-3-8-18-19/h1-9,17H,10-11H2. The van der Waals surface area contributed by atoms with Crippen LogP contribution in [0, 0.1) is 0 Å². The molecule has 3 rings (SSSR count). The summed E-state index contributed by atoms with van der Waals surface area (Å²) < 4.78 is 7.17. The van der Waals surface area contributed by atoms with Crippen molar-refractivity contribution >= 4 is 11.6 Å². The number of hydrogen-bond donors (Lipinski definition) is 1. The second kappa shape index (κ2) is 5.94. The Morgan fingerprint density at radius 2 is 2.00 bits per heavy atom. The van der Waals surface area contributed by atoms with Crippen molar-refractivity contribution in [3.63, 3.8) is 0 Å². The van der Waals surface area contributed by atoms with Gasteiger partial charge in [-0.15, -0.1) is 0 Å². The van der Waals surface area contributed by atoms with Crippen molar-refractivity contribution in [2.24, 2.45) is 0 Å². The van der Waals surface area contributed by atoms with Gasteiger partial charge in [0.1, 0.15) is 5.76 Å². The average molecular weight is 288 g/mol. The maximum Gasteiger partial charge on any atom is 0.193 e. The molecule has 4 nitrogen and oxygen atoms in total. The van der Waals surface area contributed by atoms with E-state index in [9.17, 15) is 0 Å². The molecule has 1 N–H and O–H groups in total. The Balaban J connectivity index is 1.68. The molecule has 0 aliphatic carbocycles. The molecule has 1 aromatic carbocycles. The smallest absolute Gasteiger partial charge is 0.193 e. The van der Waals surface area contributed by atoms with E-state index in [4.69, 9.17) is 16.0 Å². The summed E-state index contributed by atoms with van der Waals surface area (Å²) in [6.07, 6.45) is 3.71. The highest BCUT2D eigenvalue weighted by Gasteiger charge is 2.04. The van der Waals surface area contributed by atoms with Crippen LogP contribution in [0.15, 0.2) is 59.3 Å². The van der Waals surface area contributed by atoms with E-state index in [0.717, 1.165) is 18.0 Å². The highest BCUT2D eigenvalue weighted by molar-refractivity contribution is 6.28. The van der Waals surface area contributed by atoms with Crippen LogP contribution in [0.2, 0.25) is 5.22 Å². The van der Waals surface area contributed by atoms with Crippen molar-refractivity contribution < 1.29 is 4.42 Å². The third kappa shape index (κ3) is 2.92. The fourth-order valence-electron chi connectivity index (χ4n) is 2.06. The molecule has 0 amide bonds. The van der Waals surface area contributed by atoms with Gasteiger partial charge in [-0.3, -0.25) is 0 Å². The minimum absolute atomic E-state index is 0.416. The topological polar surface area (TPSA) is 43.0 Å². The van der Waals surface area contributed by atoms with Crippen molar-refractivity contribution in [3.05, 3.63) is 71.4 Å². The van der Waals surface area contributed by atoms with E-state index >= 15 is 0 Å². The van der Waals surface area contributed by atoms with E-state index in [2.05, 4.69) is 16.5 Å². The molecule has 0 bridgehead atoms. The number of aromatic nitrogens is 2. The second-order valence-corrected chi connectivity index (χ2v) is 4.76. The van der Waals surface area contributed by atoms with Gasteiger partial charge in [0.2, 0.25) is 0 Å². The van der Waals surface area contributed by atoms with Crippen LogP contribution in [-0.2, 0) is 13.1 Å². The molecule has 20 heavy (non-hydrogen) atoms. The van der Waals surface area contributed by atoms with Gasteiger partial charge in [-0.05, 0) is 41.4 Å². The first-order chi connectivity index (χ1) is 9.83. The number of rotatable bonds is 5. The average Bonchev–Trinajstić information content (AvgIpc) is 3.11. The van der Waals surface area contributed by atoms with E-state index in [1.54, 1.807) is 12.3 Å². The first kappa shape index (κ1) is 13.0. The summed E-state index contributed by atoms with van der Waals surface area (Å²) in [6, 6.07) is 13.7. The van der Waals surface area contributed by atoms with Crippen LogP contribution in [0.4, 0.5) is 0 Å². The Labute approximate surface area is 122 Å². The molecule has 0 unspecified atom stereocenters. The van der Waals surface area contributed by atoms with Gasteiger partial charge in [0.15, 0.2) is 5.22 Å². The zero-order valence-electron chi connectivity index (χ0n) is 10.8. The fourth-order valence-corrected chi connectivity index (χ4v) is 2.22. The predicted molar refractivity (Wildman–Crippen MR) is 77.8 cm³/mol. The quantitative estimate of drug-likeness (QED) is 0.782. The van der Waals surface area contributed by atoms with Crippen LogP contribution in [-0.4, -0.2) is 9.78 Å². The molecule has 102 valence electrons. The van der Waals surface area contributed by atoms with Crippen molar-refractivity contribution in [1.82, 2.24) is 15.1 Å². The Hall–Kier alpha value is -2.04. The number of benzene rings is 1. The Morgan fingerprint density at radius 1 is 1.10 bits per heavy atom. The Morgan fingerprint density at radius 3 is 2.75 bits per heavy atom. The summed E-state index contributed by atoms with van der Waals surface area (Å²) in [4.78, 5) is 0. The van der Waals surface area contributed by atoms with Gasteiger partial charge in [0.25, 0.3) is 0 Å². The molecule has 5 heteroatoms. The molecule has 0 saturated carbocycles. The highest BCUT2D eigenvalue weighted by Crippen LogP contribution is 2.15. The summed E-state index contributed by atoms with van der Waals surface area (Å²) in [6.45, 7) is 1.37. The number of para-hydroxylation sites is 1. The van der Waals surface area contributed by atoms with Gasteiger partial charge in [-0.1, -0.05) is 18.2 Å². The molecule has 0 saturated heterocycles. The van der Waals surface area contributed by atoms with Gasteiger partial charge in [-0.2, -0.15) is 5.10 Å². The summed E-state index contributed by atoms with van der Waals surface area (Å²) >= 11 is 5.74. The number of nitrogens with one attached hydrogen (secondary N) is 1. The van der Waals surface area contributed by atoms with Crippen LogP contribution in [0.25, 0.3) is 5.69 Å². The van der Waals surface area contributed by atoms with Crippen molar-refractivity contribution in [3.8, 4) is 5.69 Å². The highest BCUT2D eigenvalue weighted by atomic mass is 35.5. The minimum atomic E-state index is 0.416. The summed E-state index contributed by atoms with van der Waals surface area (Å²) in [5.74, 6) is 0.826. The summed E-state index contributed by atoms with van der Waals surface area (Å²) in [5, 5.41) is 8.03. The predicted octanol–water partition coefficient (Wildman–Crippen LogP) is 3.41. The molecule has 0 spiro atoms. The number of nitrogens with zero attached hydrogens (tertiary/aromatic N) is 2. The molecule has 0 fully saturated rings. The van der Waals surface area contributed by atoms with Gasteiger partial charge < -0.3 is 9.73 Å². The molecule has 0 radical (unpaired) electrons. The van der Waals surface area contributed by atoms with Crippen LogP contribution in [0.1, 0.15) is 11.3 Å². The molecule has 0 aliphatic rings. The number of furan rings is 1. The molecular formula is C15H14ClN3O. The van der Waals surface area contributed by atoms with Crippen LogP contribution >= 0.6 is 11.6 Å². The Bertz CT molecular complexity index is 676. The largest absolute Gasteiger partial charge is 0.448 e. The van der Waals surface area contributed by atoms with Crippen LogP contribution < -0.4 is 5.32 Å². The SMILES string of the molecule is Clc1ccc(CNCc2ccccc2-n2cccn2)o1. The Kier molecular flexibility index (Phi) is 3.85. The molecule has 2 heterocycles. The minimum Gasteiger partial charge on any atom is -0.448 e. The van der Waals surface area contributed by atoms with Gasteiger partial charge in [0.05, 0.1) is 12.2 Å². The molecule has 0 atom stereocenters. The molecular weight excluding hydrogens is 274 g/mol. The van der Waals surface area contributed by atoms with E-state index in [0.29, 0.717) is 11.8 Å². The lowest BCUT2D eigenvalue weighted by Crippen LogP contribution is -2.14. The van der Waals surface area contributed by atoms with Gasteiger partial charge in [-0.25, -0.2) is 4.68 Å². The lowest BCUT2D eigenvalue weighted by molar-refractivity contribution is 0.484. The molecule has 3 aromatic rings. The van der Waals surface area contributed by atoms with Crippen molar-refractivity contribution in [2.75, 3.05) is 0 Å². The van der Waals surface area contributed by atoms with E-state index in [-0.39, 0.29) is 0 Å². The summed E-state index contributed by atoms with van der Waals surface area (Å²) in [7, 11) is 0.